The van der Waals surface area contributed by atoms with Gasteiger partial charge in [-0.1, -0.05) is 60.7 Å². The molecule has 28 heteroatoms. The molecule has 8 aromatic rings. The van der Waals surface area contributed by atoms with E-state index >= 15 is 0 Å². The van der Waals surface area contributed by atoms with Gasteiger partial charge < -0.3 is 44.1 Å². The highest BCUT2D eigenvalue weighted by Crippen LogP contribution is 2.94. The van der Waals surface area contributed by atoms with Gasteiger partial charge in [-0.05, 0) is 256 Å². The summed E-state index contributed by atoms with van der Waals surface area (Å²) in [5, 5.41) is 14.8. The fourth-order valence-corrected chi connectivity index (χ4v) is 19.8. The van der Waals surface area contributed by atoms with Gasteiger partial charge in [0.25, 0.3) is 31.9 Å². The third-order valence-corrected chi connectivity index (χ3v) is 26.5. The van der Waals surface area contributed by atoms with Crippen LogP contribution in [-0.4, -0.2) is 135 Å². The molecule has 2 saturated heterocycles. The van der Waals surface area contributed by atoms with E-state index in [1.165, 1.54) is 45.9 Å². The summed E-state index contributed by atoms with van der Waals surface area (Å²) in [5.41, 5.74) is 1.51. The molecule has 3 amide bonds. The van der Waals surface area contributed by atoms with Crippen molar-refractivity contribution in [3.05, 3.63) is 162 Å². The molecule has 6 aliphatic carbocycles. The van der Waals surface area contributed by atoms with Crippen LogP contribution in [0.25, 0.3) is 11.6 Å². The second kappa shape index (κ2) is 29.0. The predicted molar refractivity (Wildman–Crippen MR) is 416 cm³/mol. The van der Waals surface area contributed by atoms with E-state index in [0.29, 0.717) is 73.3 Å². The lowest BCUT2D eigenvalue weighted by Crippen LogP contribution is -2.45. The number of fused-ring (bicyclic) bond motifs is 8. The van der Waals surface area contributed by atoms with Crippen molar-refractivity contribution in [3.8, 4) is 34.9 Å². The van der Waals surface area contributed by atoms with Crippen molar-refractivity contribution < 1.29 is 60.4 Å². The summed E-state index contributed by atoms with van der Waals surface area (Å²) in [6.07, 6.45) is 15.3. The molecule has 6 saturated carbocycles. The van der Waals surface area contributed by atoms with Crippen LogP contribution in [0.2, 0.25) is 0 Å². The molecule has 9 heterocycles. The summed E-state index contributed by atoms with van der Waals surface area (Å²) in [5.74, 6) is 1.87. The zero-order valence-electron chi connectivity index (χ0n) is 67.8. The van der Waals surface area contributed by atoms with Crippen molar-refractivity contribution >= 4 is 55.4 Å². The fraction of sp³-hybridized carbons (Fsp3) is 0.506. The lowest BCUT2D eigenvalue weighted by molar-refractivity contribution is 0.0130. The van der Waals surface area contributed by atoms with E-state index in [1.807, 2.05) is 95.3 Å². The fourth-order valence-electron chi connectivity index (χ4n) is 17.9. The topological polar surface area (TPSA) is 307 Å². The van der Waals surface area contributed by atoms with Crippen LogP contribution in [0.4, 0.5) is 22.2 Å². The lowest BCUT2D eigenvalue weighted by atomic mass is 9.93. The second-order valence-electron chi connectivity index (χ2n) is 33.6. The molecular weight excluding hydrogens is 1450 g/mol. The highest BCUT2D eigenvalue weighted by Gasteiger charge is 2.86. The number of anilines is 3. The third-order valence-electron chi connectivity index (χ3n) is 24.0. The Hall–Kier alpha value is -9.83. The van der Waals surface area contributed by atoms with Gasteiger partial charge in [0.1, 0.15) is 24.6 Å². The first-order chi connectivity index (χ1) is 54.6. The summed E-state index contributed by atoms with van der Waals surface area (Å²) in [4.78, 5) is 62.1. The van der Waals surface area contributed by atoms with E-state index in [2.05, 4.69) is 64.0 Å². The van der Waals surface area contributed by atoms with Crippen molar-refractivity contribution in [2.24, 2.45) is 45.3 Å². The SMILES string of the molecule is [2H]C([2H])(COc1ccn(-c2ccc(C(=O)NS(=O)(=O)c3ccc(OCc4ccccc4)c(NCCC[C@@H]4CN(C(=O)OC(C)(C)C)C(C)(C)C4)n3)cn2)n1)C1C2(CC2)C12CC2.[2H]C([2H])(COc1ccn(-c2ccc3c(n2)N2C[C@@H](CCCNc4nc(ccc4OCc4ccccc4)S(=O)(=O)NC3=O)CC2(C)C)n1)C1C2(CC2)C12CC2. The summed E-state index contributed by atoms with van der Waals surface area (Å²) >= 11 is 0. The van der Waals surface area contributed by atoms with Crippen molar-refractivity contribution in [1.29, 1.82) is 0 Å². The van der Waals surface area contributed by atoms with Gasteiger partial charge in [-0.2, -0.15) is 16.8 Å². The van der Waals surface area contributed by atoms with E-state index in [-0.39, 0.29) is 122 Å². The molecule has 111 heavy (non-hydrogen) atoms. The highest BCUT2D eigenvalue weighted by molar-refractivity contribution is 7.90. The number of carbonyl (C=O) groups is 3. The average Bonchev–Trinajstić information content (AvgIpc) is 1.44. The van der Waals surface area contributed by atoms with Gasteiger partial charge in [-0.25, -0.2) is 43.5 Å². The van der Waals surface area contributed by atoms with Crippen molar-refractivity contribution in [3.63, 3.8) is 0 Å². The number of rotatable bonds is 24. The lowest BCUT2D eigenvalue weighted by Gasteiger charge is -2.34. The van der Waals surface area contributed by atoms with E-state index in [4.69, 9.17) is 34.2 Å². The average molecular weight is 1550 g/mol. The quantitative estimate of drug-likeness (QED) is 0.0409. The molecule has 2 aromatic carbocycles. The molecule has 586 valence electrons. The molecule has 4 spiro atoms. The molecule has 4 bridgehead atoms. The third kappa shape index (κ3) is 15.7. The van der Waals surface area contributed by atoms with Gasteiger partial charge >= 0.3 is 6.09 Å². The molecule has 6 aromatic heterocycles. The molecule has 0 radical (unpaired) electrons. The van der Waals surface area contributed by atoms with Crippen LogP contribution in [0.15, 0.2) is 150 Å². The minimum atomic E-state index is -4.43. The van der Waals surface area contributed by atoms with Crippen LogP contribution in [0.1, 0.15) is 188 Å². The molecular formula is C83H100N14O12S2. The number of benzene rings is 2. The number of ether oxygens (including phenoxy) is 5. The van der Waals surface area contributed by atoms with Crippen LogP contribution in [0.3, 0.4) is 0 Å². The van der Waals surface area contributed by atoms with E-state index < -0.39 is 50.2 Å². The molecule has 9 aliphatic rings. The van der Waals surface area contributed by atoms with Gasteiger partial charge in [0.05, 0.1) is 24.3 Å². The number of carbonyl (C=O) groups excluding carboxylic acids is 3. The summed E-state index contributed by atoms with van der Waals surface area (Å²) in [6, 6.07) is 34.4. The Morgan fingerprint density at radius 1 is 0.676 bits per heavy atom. The number of likely N-dealkylation sites (tertiary alicyclic amines) is 1. The zero-order chi connectivity index (χ0) is 80.9. The Labute approximate surface area is 654 Å². The molecule has 3 aliphatic heterocycles. The Bertz CT molecular complexity index is 5210. The van der Waals surface area contributed by atoms with Gasteiger partial charge in [0.2, 0.25) is 11.8 Å². The van der Waals surface area contributed by atoms with Crippen molar-refractivity contribution in [2.75, 3.05) is 54.9 Å². The number of aromatic nitrogens is 8. The maximum absolute atomic E-state index is 14.0. The summed E-state index contributed by atoms with van der Waals surface area (Å²) in [7, 11) is -8.83. The Morgan fingerprint density at radius 3 is 1.86 bits per heavy atom. The highest BCUT2D eigenvalue weighted by atomic mass is 32.2. The molecule has 26 nitrogen and oxygen atoms in total. The first-order valence-electron chi connectivity index (χ1n) is 40.7. The first kappa shape index (κ1) is 70.3. The minimum absolute atomic E-state index is 0.00178. The van der Waals surface area contributed by atoms with E-state index in [9.17, 15) is 31.2 Å². The summed E-state index contributed by atoms with van der Waals surface area (Å²) < 4.78 is 126. The van der Waals surface area contributed by atoms with Gasteiger partial charge in [-0.3, -0.25) is 9.59 Å². The van der Waals surface area contributed by atoms with Crippen molar-refractivity contribution in [1.82, 2.24) is 53.8 Å². The number of amides is 3. The maximum Gasteiger partial charge on any atom is 0.410 e. The standard InChI is InChI=1S/C44H55N7O7S.C39H45N7O5S/c1-41(2,3)58-40(53)50-28-31(26-42(50,4)5)12-9-23-45-38-33(57-29-30-10-7-6-8-11-30)14-16-37(47-38)59(54,55)49-39(52)32-13-15-35(46-27-32)51-24-17-36(48-51)56-25-18-34-43(19-20-43)44(34)21-22-44;1-37(2)23-27-9-6-20-40-34-29(51-25-26-7-4-3-5-8-26)11-13-33(42-34)52(48,49)44-36(47)28-10-12-31(41-35(28)45(37)24-27)46-21-14-32(43-46)50-22-15-30-38(16-17-38)39(30)18-19-39/h6-8,10-11,13-17,24,27,31,34H,9,12,18-23,25-26,28-29H2,1-5H3,(H,45,47)(H,49,52);3-5,7-8,10-14,21,27,30H,6,9,15-20,22-25H2,1-2H3,(H,40,42)(H,44,47)/t31-;27-/m00/s1/i18D2;15D2. The maximum atomic E-state index is 14.0. The van der Waals surface area contributed by atoms with Gasteiger partial charge in [0, 0.05) is 73.5 Å². The normalized spacial score (nSPS) is 22.1. The number of nitrogens with zero attached hydrogens (tertiary/aromatic N) is 10. The molecule has 8 fully saturated rings. The Kier molecular flexibility index (Phi) is 18.4. The minimum Gasteiger partial charge on any atom is -0.485 e. The number of nitrogens with one attached hydrogen (secondary N) is 4. The number of hydrogen-bond donors (Lipinski definition) is 4. The van der Waals surface area contributed by atoms with Crippen LogP contribution < -0.4 is 43.9 Å². The van der Waals surface area contributed by atoms with Crippen LogP contribution in [0, 0.1) is 45.3 Å². The van der Waals surface area contributed by atoms with Crippen LogP contribution in [-0.2, 0) is 38.0 Å². The zero-order valence-corrected chi connectivity index (χ0v) is 65.5. The molecule has 4 N–H and O–H groups in total. The molecule has 2 atom stereocenters. The number of hydrogen-bond acceptors (Lipinski definition) is 21. The van der Waals surface area contributed by atoms with Crippen LogP contribution >= 0.6 is 0 Å². The molecule has 17 rings (SSSR count). The van der Waals surface area contributed by atoms with Crippen molar-refractivity contribution in [2.45, 2.75) is 191 Å². The summed E-state index contributed by atoms with van der Waals surface area (Å²) in [6.45, 7) is 16.4. The second-order valence-corrected chi connectivity index (χ2v) is 36.9. The van der Waals surface area contributed by atoms with E-state index in [0.717, 1.165) is 94.6 Å². The van der Waals surface area contributed by atoms with E-state index in [1.54, 1.807) is 47.6 Å². The Balaban J connectivity index is 0.000000174. The smallest absolute Gasteiger partial charge is 0.410 e. The number of sulfonamides is 2. The Morgan fingerprint density at radius 2 is 1.27 bits per heavy atom. The van der Waals surface area contributed by atoms with Gasteiger partial charge in [0.15, 0.2) is 44.8 Å². The monoisotopic (exact) mass is 1550 g/mol. The molecule has 0 unspecified atom stereocenters. The first-order valence-corrected chi connectivity index (χ1v) is 41.7. The van der Waals surface area contributed by atoms with Gasteiger partial charge in [-0.15, -0.1) is 10.2 Å². The predicted octanol–water partition coefficient (Wildman–Crippen LogP) is 13.7. The van der Waals surface area contributed by atoms with Crippen LogP contribution in [0.5, 0.6) is 23.3 Å². The number of pyridine rings is 4. The largest absolute Gasteiger partial charge is 0.485 e.